The summed E-state index contributed by atoms with van der Waals surface area (Å²) in [5, 5.41) is 7.70. The highest BCUT2D eigenvalue weighted by Gasteiger charge is 2.17. The van der Waals surface area contributed by atoms with Gasteiger partial charge in [-0.1, -0.05) is 11.6 Å². The van der Waals surface area contributed by atoms with Gasteiger partial charge in [0.2, 0.25) is 11.8 Å². The van der Waals surface area contributed by atoms with Gasteiger partial charge in [-0.05, 0) is 31.2 Å². The van der Waals surface area contributed by atoms with Crippen molar-refractivity contribution in [2.75, 3.05) is 0 Å². The summed E-state index contributed by atoms with van der Waals surface area (Å²) < 4.78 is 35.7. The quantitative estimate of drug-likeness (QED) is 0.527. The zero-order valence-electron chi connectivity index (χ0n) is 14.1. The van der Waals surface area contributed by atoms with Crippen molar-refractivity contribution in [3.63, 3.8) is 0 Å². The molecule has 136 valence electrons. The van der Waals surface area contributed by atoms with Crippen LogP contribution in [-0.2, 0) is 6.61 Å². The first-order chi connectivity index (χ1) is 13.1. The van der Waals surface area contributed by atoms with E-state index in [1.807, 2.05) is 25.1 Å². The number of rotatable bonds is 5. The molecular formula is C18H13F2N5O2. The van der Waals surface area contributed by atoms with Crippen molar-refractivity contribution in [1.29, 1.82) is 0 Å². The van der Waals surface area contributed by atoms with Crippen LogP contribution in [0.15, 0.2) is 47.3 Å². The Morgan fingerprint density at radius 1 is 1.07 bits per heavy atom. The molecule has 0 aliphatic heterocycles. The van der Waals surface area contributed by atoms with Crippen molar-refractivity contribution >= 4 is 10.9 Å². The fraction of sp³-hybridized carbons (Fsp3) is 0.167. The van der Waals surface area contributed by atoms with Gasteiger partial charge in [0.25, 0.3) is 5.89 Å². The lowest BCUT2D eigenvalue weighted by atomic mass is 10.2. The van der Waals surface area contributed by atoms with Crippen LogP contribution in [0.25, 0.3) is 22.4 Å². The number of hydrogen-bond donors (Lipinski definition) is 0. The third kappa shape index (κ3) is 3.57. The van der Waals surface area contributed by atoms with Crippen LogP contribution in [0.5, 0.6) is 5.88 Å². The van der Waals surface area contributed by atoms with Gasteiger partial charge in [0.05, 0.1) is 22.2 Å². The number of alkyl halides is 2. The molecule has 0 aliphatic rings. The molecule has 1 aromatic carbocycles. The van der Waals surface area contributed by atoms with Crippen molar-refractivity contribution in [2.24, 2.45) is 0 Å². The highest BCUT2D eigenvalue weighted by molar-refractivity contribution is 5.83. The number of halogens is 2. The Kier molecular flexibility index (Phi) is 4.41. The molecule has 0 radical (unpaired) electrons. The minimum absolute atomic E-state index is 0.0115. The summed E-state index contributed by atoms with van der Waals surface area (Å²) in [6.07, 6.45) is 0.0989. The molecule has 0 N–H and O–H groups in total. The van der Waals surface area contributed by atoms with Gasteiger partial charge in [-0.2, -0.15) is 8.78 Å². The summed E-state index contributed by atoms with van der Waals surface area (Å²) in [7, 11) is 0. The van der Waals surface area contributed by atoms with Crippen molar-refractivity contribution < 1.29 is 17.9 Å². The Hall–Kier alpha value is -3.49. The molecule has 4 aromatic rings. The fourth-order valence-corrected chi connectivity index (χ4v) is 2.48. The molecule has 27 heavy (non-hydrogen) atoms. The predicted molar refractivity (Wildman–Crippen MR) is 91.1 cm³/mol. The van der Waals surface area contributed by atoms with Gasteiger partial charge in [-0.25, -0.2) is 9.97 Å². The van der Waals surface area contributed by atoms with E-state index in [0.717, 1.165) is 16.5 Å². The van der Waals surface area contributed by atoms with Crippen LogP contribution < -0.4 is 4.74 Å². The Bertz CT molecular complexity index is 1080. The molecule has 0 bridgehead atoms. The second-order valence-electron chi connectivity index (χ2n) is 5.77. The van der Waals surface area contributed by atoms with E-state index in [2.05, 4.69) is 25.1 Å². The lowest BCUT2D eigenvalue weighted by molar-refractivity contribution is 0.116. The first-order valence-corrected chi connectivity index (χ1v) is 8.01. The van der Waals surface area contributed by atoms with Gasteiger partial charge in [0.15, 0.2) is 0 Å². The Morgan fingerprint density at radius 2 is 1.96 bits per heavy atom. The number of pyridine rings is 1. The molecule has 0 fully saturated rings. The molecule has 0 spiro atoms. The van der Waals surface area contributed by atoms with Gasteiger partial charge in [-0.3, -0.25) is 4.98 Å². The van der Waals surface area contributed by atoms with Gasteiger partial charge in [0, 0.05) is 6.20 Å². The second kappa shape index (κ2) is 7.02. The number of benzene rings is 1. The van der Waals surface area contributed by atoms with Crippen LogP contribution in [0, 0.1) is 6.92 Å². The SMILES string of the molecule is Cc1ccc2ncnc(OCc3ccc(-c4nnc(C(F)F)o4)cn3)c2c1. The molecule has 9 heteroatoms. The Labute approximate surface area is 152 Å². The first-order valence-electron chi connectivity index (χ1n) is 8.01. The summed E-state index contributed by atoms with van der Waals surface area (Å²) in [6.45, 7) is 2.17. The Balaban J connectivity index is 1.50. The topological polar surface area (TPSA) is 86.8 Å². The molecule has 0 aliphatic carbocycles. The molecule has 3 aromatic heterocycles. The van der Waals surface area contributed by atoms with Crippen molar-refractivity contribution in [2.45, 2.75) is 20.0 Å². The van der Waals surface area contributed by atoms with Gasteiger partial charge < -0.3 is 9.15 Å². The number of nitrogens with zero attached hydrogens (tertiary/aromatic N) is 5. The van der Waals surface area contributed by atoms with Crippen LogP contribution in [0.1, 0.15) is 23.6 Å². The molecule has 0 saturated carbocycles. The van der Waals surface area contributed by atoms with E-state index < -0.39 is 12.3 Å². The second-order valence-corrected chi connectivity index (χ2v) is 5.77. The van der Waals surface area contributed by atoms with Crippen LogP contribution in [0.2, 0.25) is 0 Å². The first kappa shape index (κ1) is 17.0. The maximum atomic E-state index is 12.5. The van der Waals surface area contributed by atoms with Gasteiger partial charge >= 0.3 is 6.43 Å². The normalized spacial score (nSPS) is 11.3. The summed E-state index contributed by atoms with van der Waals surface area (Å²) in [4.78, 5) is 12.6. The summed E-state index contributed by atoms with van der Waals surface area (Å²) in [5.74, 6) is -0.265. The van der Waals surface area contributed by atoms with E-state index in [0.29, 0.717) is 17.1 Å². The number of hydrogen-bond acceptors (Lipinski definition) is 7. The predicted octanol–water partition coefficient (Wildman–Crippen LogP) is 3.90. The third-order valence-electron chi connectivity index (χ3n) is 3.81. The lowest BCUT2D eigenvalue weighted by Gasteiger charge is -2.08. The average Bonchev–Trinajstić information content (AvgIpc) is 3.17. The molecule has 4 rings (SSSR count). The lowest BCUT2D eigenvalue weighted by Crippen LogP contribution is -2.01. The molecular weight excluding hydrogens is 356 g/mol. The summed E-state index contributed by atoms with van der Waals surface area (Å²) in [6, 6.07) is 9.17. The van der Waals surface area contributed by atoms with Crippen molar-refractivity contribution in [3.8, 4) is 17.3 Å². The summed E-state index contributed by atoms with van der Waals surface area (Å²) in [5.41, 5.74) is 2.94. The largest absolute Gasteiger partial charge is 0.471 e. The smallest absolute Gasteiger partial charge is 0.314 e. The zero-order valence-corrected chi connectivity index (χ0v) is 14.1. The highest BCUT2D eigenvalue weighted by Crippen LogP contribution is 2.24. The van der Waals surface area contributed by atoms with Crippen molar-refractivity contribution in [3.05, 3.63) is 60.0 Å². The fourth-order valence-electron chi connectivity index (χ4n) is 2.48. The third-order valence-corrected chi connectivity index (χ3v) is 3.81. The summed E-state index contributed by atoms with van der Waals surface area (Å²) >= 11 is 0. The van der Waals surface area contributed by atoms with E-state index in [1.54, 1.807) is 12.1 Å². The zero-order chi connectivity index (χ0) is 18.8. The van der Waals surface area contributed by atoms with E-state index in [4.69, 9.17) is 9.15 Å². The van der Waals surface area contributed by atoms with Gasteiger partial charge in [-0.15, -0.1) is 10.2 Å². The van der Waals surface area contributed by atoms with E-state index >= 15 is 0 Å². The number of ether oxygens (including phenoxy) is 1. The molecule has 3 heterocycles. The van der Waals surface area contributed by atoms with Gasteiger partial charge in [0.1, 0.15) is 12.9 Å². The minimum atomic E-state index is -2.81. The number of aryl methyl sites for hydroxylation is 1. The maximum Gasteiger partial charge on any atom is 0.314 e. The Morgan fingerprint density at radius 3 is 2.70 bits per heavy atom. The molecule has 0 unspecified atom stereocenters. The molecule has 0 saturated heterocycles. The molecule has 7 nitrogen and oxygen atoms in total. The minimum Gasteiger partial charge on any atom is -0.471 e. The molecule has 0 atom stereocenters. The van der Waals surface area contributed by atoms with E-state index in [9.17, 15) is 8.78 Å². The number of aromatic nitrogens is 5. The standard InChI is InChI=1S/C18H13F2N5O2/c1-10-2-5-14-13(6-10)17(23-9-22-14)26-8-12-4-3-11(7-21-12)16-24-25-18(27-16)15(19)20/h2-7,9,15H,8H2,1H3. The van der Waals surface area contributed by atoms with E-state index in [-0.39, 0.29) is 12.5 Å². The molecule has 0 amide bonds. The van der Waals surface area contributed by atoms with Crippen LogP contribution in [0.4, 0.5) is 8.78 Å². The number of fused-ring (bicyclic) bond motifs is 1. The average molecular weight is 369 g/mol. The van der Waals surface area contributed by atoms with Crippen LogP contribution in [-0.4, -0.2) is 25.1 Å². The van der Waals surface area contributed by atoms with Crippen LogP contribution in [0.3, 0.4) is 0 Å². The van der Waals surface area contributed by atoms with Crippen molar-refractivity contribution in [1.82, 2.24) is 25.1 Å². The maximum absolute atomic E-state index is 12.5. The monoisotopic (exact) mass is 369 g/mol. The van der Waals surface area contributed by atoms with Crippen LogP contribution >= 0.6 is 0 Å². The highest BCUT2D eigenvalue weighted by atomic mass is 19.3. The van der Waals surface area contributed by atoms with E-state index in [1.165, 1.54) is 12.5 Å².